The molecule has 0 aliphatic carbocycles. The summed E-state index contributed by atoms with van der Waals surface area (Å²) < 4.78 is 39.0. The smallest absolute Gasteiger partial charge is 0.316 e. The van der Waals surface area contributed by atoms with Crippen LogP contribution in [0.1, 0.15) is 23.6 Å². The maximum Gasteiger partial charge on any atom is 0.416 e. The molecule has 0 radical (unpaired) electrons. The molecular formula is C25H23F3N2O. The maximum absolute atomic E-state index is 13.0. The summed E-state index contributed by atoms with van der Waals surface area (Å²) in [6.45, 7) is 2.57. The molecule has 0 unspecified atom stereocenters. The molecule has 0 aromatic heterocycles. The van der Waals surface area contributed by atoms with Gasteiger partial charge in [-0.25, -0.2) is 4.79 Å². The van der Waals surface area contributed by atoms with Crippen LogP contribution in [0.5, 0.6) is 0 Å². The molecule has 3 nitrogen and oxygen atoms in total. The highest BCUT2D eigenvalue weighted by molar-refractivity contribution is 5.89. The number of benzene rings is 3. The van der Waals surface area contributed by atoms with E-state index in [1.807, 2.05) is 73.7 Å². The number of alkyl halides is 3. The first-order valence-electron chi connectivity index (χ1n) is 9.80. The van der Waals surface area contributed by atoms with Gasteiger partial charge in [-0.15, -0.1) is 0 Å². The van der Waals surface area contributed by atoms with Crippen molar-refractivity contribution in [1.82, 2.24) is 4.90 Å². The zero-order chi connectivity index (χ0) is 22.3. The van der Waals surface area contributed by atoms with Crippen molar-refractivity contribution in [2.75, 3.05) is 11.9 Å². The molecule has 0 atom stereocenters. The molecule has 3 aromatic rings. The molecule has 0 fully saturated rings. The lowest BCUT2D eigenvalue weighted by molar-refractivity contribution is -0.137. The van der Waals surface area contributed by atoms with Crippen molar-refractivity contribution in [2.24, 2.45) is 0 Å². The number of hydrogen-bond acceptors (Lipinski definition) is 1. The first-order valence-corrected chi connectivity index (χ1v) is 9.80. The lowest BCUT2D eigenvalue weighted by Crippen LogP contribution is -2.35. The van der Waals surface area contributed by atoms with Crippen LogP contribution in [0.4, 0.5) is 23.7 Å². The van der Waals surface area contributed by atoms with Gasteiger partial charge in [-0.05, 0) is 36.2 Å². The first-order chi connectivity index (χ1) is 14.8. The van der Waals surface area contributed by atoms with E-state index in [0.717, 1.165) is 28.8 Å². The monoisotopic (exact) mass is 424 g/mol. The molecule has 2 amide bonds. The molecule has 0 aliphatic heterocycles. The van der Waals surface area contributed by atoms with Crippen molar-refractivity contribution >= 4 is 17.8 Å². The number of rotatable bonds is 6. The summed E-state index contributed by atoms with van der Waals surface area (Å²) in [5, 5.41) is 2.60. The van der Waals surface area contributed by atoms with E-state index in [4.69, 9.17) is 0 Å². The van der Waals surface area contributed by atoms with Crippen LogP contribution in [-0.4, -0.2) is 17.5 Å². The molecule has 0 heterocycles. The number of hydrogen-bond donors (Lipinski definition) is 1. The van der Waals surface area contributed by atoms with E-state index >= 15 is 0 Å². The lowest BCUT2D eigenvalue weighted by atomic mass is 10.1. The Morgan fingerprint density at radius 3 is 2.23 bits per heavy atom. The third-order valence-electron chi connectivity index (χ3n) is 4.60. The minimum Gasteiger partial charge on any atom is -0.316 e. The lowest BCUT2D eigenvalue weighted by Gasteiger charge is -2.24. The van der Waals surface area contributed by atoms with Crippen molar-refractivity contribution in [2.45, 2.75) is 19.6 Å². The summed E-state index contributed by atoms with van der Waals surface area (Å²) in [5.41, 5.74) is 2.18. The Hall–Kier alpha value is -3.54. The number of halogens is 3. The van der Waals surface area contributed by atoms with Gasteiger partial charge < -0.3 is 10.2 Å². The predicted molar refractivity (Wildman–Crippen MR) is 117 cm³/mol. The van der Waals surface area contributed by atoms with Crippen LogP contribution >= 0.6 is 0 Å². The van der Waals surface area contributed by atoms with E-state index in [9.17, 15) is 18.0 Å². The Bertz CT molecular complexity index is 1030. The van der Waals surface area contributed by atoms with E-state index < -0.39 is 17.8 Å². The van der Waals surface area contributed by atoms with Gasteiger partial charge in [-0.3, -0.25) is 0 Å². The molecule has 3 aromatic carbocycles. The van der Waals surface area contributed by atoms with Gasteiger partial charge in [-0.1, -0.05) is 78.4 Å². The van der Waals surface area contributed by atoms with Gasteiger partial charge in [0.2, 0.25) is 0 Å². The Balaban J connectivity index is 1.80. The molecule has 6 heteroatoms. The molecule has 0 saturated carbocycles. The Kier molecular flexibility index (Phi) is 7.13. The number of amides is 2. The third kappa shape index (κ3) is 6.74. The predicted octanol–water partition coefficient (Wildman–Crippen LogP) is 6.84. The van der Waals surface area contributed by atoms with Crippen LogP contribution in [0.2, 0.25) is 0 Å². The fourth-order valence-electron chi connectivity index (χ4n) is 3.16. The molecule has 1 N–H and O–H groups in total. The molecule has 0 spiro atoms. The van der Waals surface area contributed by atoms with E-state index in [-0.39, 0.29) is 5.69 Å². The summed E-state index contributed by atoms with van der Waals surface area (Å²) in [7, 11) is 0. The number of urea groups is 1. The minimum absolute atomic E-state index is 0.0996. The third-order valence-corrected chi connectivity index (χ3v) is 4.60. The van der Waals surface area contributed by atoms with Crippen LogP contribution < -0.4 is 5.32 Å². The van der Waals surface area contributed by atoms with Gasteiger partial charge >= 0.3 is 12.2 Å². The Morgan fingerprint density at radius 2 is 1.58 bits per heavy atom. The summed E-state index contributed by atoms with van der Waals surface area (Å²) in [6.07, 6.45) is -2.49. The van der Waals surface area contributed by atoms with Gasteiger partial charge in [0.25, 0.3) is 0 Å². The molecular weight excluding hydrogens is 401 g/mol. The van der Waals surface area contributed by atoms with Crippen LogP contribution in [-0.2, 0) is 12.7 Å². The SMILES string of the molecule is CC(=Cc1ccccc1)CN(Cc1ccccc1)C(=O)Nc1cccc(C(F)(F)F)c1. The summed E-state index contributed by atoms with van der Waals surface area (Å²) >= 11 is 0. The number of carbonyl (C=O) groups excluding carboxylic acids is 1. The second-order valence-corrected chi connectivity index (χ2v) is 7.25. The summed E-state index contributed by atoms with van der Waals surface area (Å²) in [4.78, 5) is 14.5. The fourth-order valence-corrected chi connectivity index (χ4v) is 3.16. The van der Waals surface area contributed by atoms with Gasteiger partial charge in [0.1, 0.15) is 0 Å². The maximum atomic E-state index is 13.0. The van der Waals surface area contributed by atoms with Crippen molar-refractivity contribution in [3.8, 4) is 0 Å². The second kappa shape index (κ2) is 9.98. The summed E-state index contributed by atoms with van der Waals surface area (Å²) in [6, 6.07) is 23.3. The van der Waals surface area contributed by atoms with Crippen molar-refractivity contribution in [3.05, 3.63) is 107 Å². The average Bonchev–Trinajstić information content (AvgIpc) is 2.74. The van der Waals surface area contributed by atoms with Crippen LogP contribution in [0.3, 0.4) is 0 Å². The number of carbonyl (C=O) groups is 1. The highest BCUT2D eigenvalue weighted by Crippen LogP contribution is 2.30. The largest absolute Gasteiger partial charge is 0.416 e. The molecule has 0 aliphatic rings. The van der Waals surface area contributed by atoms with Gasteiger partial charge in [0.05, 0.1) is 5.56 Å². The molecule has 160 valence electrons. The number of anilines is 1. The quantitative estimate of drug-likeness (QED) is 0.461. The van der Waals surface area contributed by atoms with E-state index in [1.54, 1.807) is 4.90 Å². The highest BCUT2D eigenvalue weighted by atomic mass is 19.4. The Morgan fingerprint density at radius 1 is 0.935 bits per heavy atom. The van der Waals surface area contributed by atoms with Gasteiger partial charge in [-0.2, -0.15) is 13.2 Å². The van der Waals surface area contributed by atoms with Gasteiger partial charge in [0, 0.05) is 18.8 Å². The average molecular weight is 424 g/mol. The molecule has 0 saturated heterocycles. The topological polar surface area (TPSA) is 32.3 Å². The normalized spacial score (nSPS) is 11.8. The van der Waals surface area contributed by atoms with Crippen molar-refractivity contribution in [1.29, 1.82) is 0 Å². The second-order valence-electron chi connectivity index (χ2n) is 7.25. The van der Waals surface area contributed by atoms with Gasteiger partial charge in [0.15, 0.2) is 0 Å². The molecule has 31 heavy (non-hydrogen) atoms. The molecule has 3 rings (SSSR count). The first kappa shape index (κ1) is 22.2. The minimum atomic E-state index is -4.47. The molecule has 0 bridgehead atoms. The van der Waals surface area contributed by atoms with E-state index in [0.29, 0.717) is 13.1 Å². The van der Waals surface area contributed by atoms with Crippen LogP contribution in [0, 0.1) is 0 Å². The highest BCUT2D eigenvalue weighted by Gasteiger charge is 2.30. The zero-order valence-corrected chi connectivity index (χ0v) is 17.1. The zero-order valence-electron chi connectivity index (χ0n) is 17.1. The van der Waals surface area contributed by atoms with E-state index in [1.165, 1.54) is 12.1 Å². The van der Waals surface area contributed by atoms with Crippen LogP contribution in [0.15, 0.2) is 90.5 Å². The fraction of sp³-hybridized carbons (Fsp3) is 0.160. The number of nitrogens with zero attached hydrogens (tertiary/aromatic N) is 1. The van der Waals surface area contributed by atoms with Crippen molar-refractivity contribution < 1.29 is 18.0 Å². The van der Waals surface area contributed by atoms with Crippen molar-refractivity contribution in [3.63, 3.8) is 0 Å². The summed E-state index contributed by atoms with van der Waals surface area (Å²) in [5.74, 6) is 0. The number of nitrogens with one attached hydrogen (secondary N) is 1. The standard InChI is InChI=1S/C25H23F3N2O/c1-19(15-20-9-4-2-5-10-20)17-30(18-21-11-6-3-7-12-21)24(31)29-23-14-8-13-22(16-23)25(26,27)28/h2-16H,17-18H2,1H3,(H,29,31). The van der Waals surface area contributed by atoms with E-state index in [2.05, 4.69) is 5.32 Å². The Labute approximate surface area is 179 Å². The van der Waals surface area contributed by atoms with Crippen LogP contribution in [0.25, 0.3) is 6.08 Å².